The van der Waals surface area contributed by atoms with Gasteiger partial charge in [0, 0.05) is 0 Å². The van der Waals surface area contributed by atoms with Crippen LogP contribution in [0.1, 0.15) is 15.9 Å². The van der Waals surface area contributed by atoms with Crippen molar-refractivity contribution in [2.45, 2.75) is 6.61 Å². The molecule has 0 radical (unpaired) electrons. The third-order valence-electron chi connectivity index (χ3n) is 2.61. The Balaban J connectivity index is 2.40. The van der Waals surface area contributed by atoms with Crippen LogP contribution in [-0.4, -0.2) is 11.0 Å². The van der Waals surface area contributed by atoms with E-state index < -0.39 is 5.91 Å². The average Bonchev–Trinajstić information content (AvgIpc) is 2.41. The smallest absolute Gasteiger partial charge is 0.252 e. The first-order valence-corrected chi connectivity index (χ1v) is 5.67. The van der Waals surface area contributed by atoms with Gasteiger partial charge in [0.15, 0.2) is 5.75 Å². The number of rotatable bonds is 4. The highest BCUT2D eigenvalue weighted by Crippen LogP contribution is 2.31. The summed E-state index contributed by atoms with van der Waals surface area (Å²) in [6, 6.07) is 11.7. The standard InChI is InChI=1S/C14H14N2O3/c15-12-6-2-5-11(14(16)18)13(12)19-10-4-1-3-9(7-10)8-17/h1-7,17H,8,15H2,(H2,16,18). The van der Waals surface area contributed by atoms with Gasteiger partial charge in [0.2, 0.25) is 0 Å². The van der Waals surface area contributed by atoms with E-state index in [2.05, 4.69) is 0 Å². The molecule has 0 bridgehead atoms. The number of carbonyl (C=O) groups excluding carboxylic acids is 1. The van der Waals surface area contributed by atoms with Crippen molar-refractivity contribution in [1.29, 1.82) is 0 Å². The zero-order valence-corrected chi connectivity index (χ0v) is 10.2. The fourth-order valence-corrected chi connectivity index (χ4v) is 1.69. The van der Waals surface area contributed by atoms with Gasteiger partial charge in [0.05, 0.1) is 17.9 Å². The van der Waals surface area contributed by atoms with Crippen molar-refractivity contribution in [2.24, 2.45) is 5.73 Å². The first kappa shape index (κ1) is 12.9. The van der Waals surface area contributed by atoms with E-state index >= 15 is 0 Å². The molecule has 5 N–H and O–H groups in total. The maximum atomic E-state index is 11.3. The number of aliphatic hydroxyl groups is 1. The molecule has 0 aromatic heterocycles. The largest absolute Gasteiger partial charge is 0.454 e. The third-order valence-corrected chi connectivity index (χ3v) is 2.61. The quantitative estimate of drug-likeness (QED) is 0.726. The second-order valence-corrected chi connectivity index (χ2v) is 4.00. The number of primary amides is 1. The van der Waals surface area contributed by atoms with Gasteiger partial charge in [-0.3, -0.25) is 4.79 Å². The lowest BCUT2D eigenvalue weighted by atomic mass is 10.1. The van der Waals surface area contributed by atoms with E-state index in [1.54, 1.807) is 42.5 Å². The van der Waals surface area contributed by atoms with Gasteiger partial charge in [-0.15, -0.1) is 0 Å². The summed E-state index contributed by atoms with van der Waals surface area (Å²) in [6.45, 7) is -0.0931. The third kappa shape index (κ3) is 2.83. The van der Waals surface area contributed by atoms with E-state index in [4.69, 9.17) is 21.3 Å². The number of anilines is 1. The Morgan fingerprint density at radius 2 is 1.95 bits per heavy atom. The lowest BCUT2D eigenvalue weighted by Gasteiger charge is -2.12. The molecule has 0 aliphatic carbocycles. The highest BCUT2D eigenvalue weighted by Gasteiger charge is 2.13. The molecular formula is C14H14N2O3. The minimum atomic E-state index is -0.611. The molecule has 5 heteroatoms. The Labute approximate surface area is 110 Å². The lowest BCUT2D eigenvalue weighted by Crippen LogP contribution is -2.13. The molecule has 1 amide bonds. The van der Waals surface area contributed by atoms with Gasteiger partial charge in [-0.2, -0.15) is 0 Å². The van der Waals surface area contributed by atoms with Gasteiger partial charge in [0.1, 0.15) is 5.75 Å². The SMILES string of the molecule is NC(=O)c1cccc(N)c1Oc1cccc(CO)c1. The highest BCUT2D eigenvalue weighted by atomic mass is 16.5. The molecule has 0 saturated carbocycles. The van der Waals surface area contributed by atoms with Gasteiger partial charge < -0.3 is 21.3 Å². The van der Waals surface area contributed by atoms with Crippen LogP contribution in [0.3, 0.4) is 0 Å². The zero-order chi connectivity index (χ0) is 13.8. The Kier molecular flexibility index (Phi) is 3.68. The second-order valence-electron chi connectivity index (χ2n) is 4.00. The summed E-state index contributed by atoms with van der Waals surface area (Å²) < 4.78 is 5.61. The Hall–Kier alpha value is -2.53. The van der Waals surface area contributed by atoms with Crippen LogP contribution in [0.4, 0.5) is 5.69 Å². The number of hydrogen-bond donors (Lipinski definition) is 3. The number of benzene rings is 2. The fraction of sp³-hybridized carbons (Fsp3) is 0.0714. The van der Waals surface area contributed by atoms with E-state index in [-0.39, 0.29) is 17.9 Å². The molecule has 0 fully saturated rings. The number of nitrogens with two attached hydrogens (primary N) is 2. The van der Waals surface area contributed by atoms with Crippen molar-refractivity contribution in [3.05, 3.63) is 53.6 Å². The topological polar surface area (TPSA) is 98.6 Å². The van der Waals surface area contributed by atoms with Crippen LogP contribution in [0.5, 0.6) is 11.5 Å². The summed E-state index contributed by atoms with van der Waals surface area (Å²) in [6.07, 6.45) is 0. The fourth-order valence-electron chi connectivity index (χ4n) is 1.69. The van der Waals surface area contributed by atoms with E-state index in [0.29, 0.717) is 17.0 Å². The van der Waals surface area contributed by atoms with Crippen LogP contribution in [-0.2, 0) is 6.61 Å². The van der Waals surface area contributed by atoms with Crippen molar-refractivity contribution in [3.63, 3.8) is 0 Å². The molecule has 98 valence electrons. The van der Waals surface area contributed by atoms with E-state index in [9.17, 15) is 4.79 Å². The number of amides is 1. The van der Waals surface area contributed by atoms with Crippen molar-refractivity contribution in [2.75, 3.05) is 5.73 Å². The Bertz CT molecular complexity index is 611. The average molecular weight is 258 g/mol. The van der Waals surface area contributed by atoms with Crippen molar-refractivity contribution in [1.82, 2.24) is 0 Å². The van der Waals surface area contributed by atoms with Crippen LogP contribution in [0.2, 0.25) is 0 Å². The van der Waals surface area contributed by atoms with Gasteiger partial charge in [-0.25, -0.2) is 0 Å². The van der Waals surface area contributed by atoms with Crippen LogP contribution >= 0.6 is 0 Å². The molecule has 19 heavy (non-hydrogen) atoms. The molecule has 2 rings (SSSR count). The first-order valence-electron chi connectivity index (χ1n) is 5.67. The van der Waals surface area contributed by atoms with Gasteiger partial charge in [-0.1, -0.05) is 18.2 Å². The molecule has 0 aliphatic heterocycles. The molecule has 0 spiro atoms. The molecule has 0 unspecified atom stereocenters. The molecule has 0 atom stereocenters. The zero-order valence-electron chi connectivity index (χ0n) is 10.2. The van der Waals surface area contributed by atoms with Crippen LogP contribution < -0.4 is 16.2 Å². The minimum absolute atomic E-state index is 0.0931. The number of nitrogen functional groups attached to an aromatic ring is 1. The number of ether oxygens (including phenoxy) is 1. The van der Waals surface area contributed by atoms with E-state index in [1.807, 2.05) is 0 Å². The first-order chi connectivity index (χ1) is 9.11. The maximum absolute atomic E-state index is 11.3. The molecule has 0 heterocycles. The summed E-state index contributed by atoms with van der Waals surface area (Å²) in [5, 5.41) is 9.07. The summed E-state index contributed by atoms with van der Waals surface area (Å²) in [5.74, 6) is 0.0950. The highest BCUT2D eigenvalue weighted by molar-refractivity contribution is 5.97. The Morgan fingerprint density at radius 3 is 2.63 bits per heavy atom. The van der Waals surface area contributed by atoms with Crippen molar-refractivity contribution in [3.8, 4) is 11.5 Å². The van der Waals surface area contributed by atoms with Gasteiger partial charge in [-0.05, 0) is 29.8 Å². The van der Waals surface area contributed by atoms with Gasteiger partial charge >= 0.3 is 0 Å². The number of hydrogen-bond acceptors (Lipinski definition) is 4. The van der Waals surface area contributed by atoms with E-state index in [0.717, 1.165) is 0 Å². The Morgan fingerprint density at radius 1 is 1.21 bits per heavy atom. The molecule has 5 nitrogen and oxygen atoms in total. The predicted molar refractivity (Wildman–Crippen MR) is 71.8 cm³/mol. The molecule has 2 aromatic rings. The van der Waals surface area contributed by atoms with Crippen LogP contribution in [0.15, 0.2) is 42.5 Å². The normalized spacial score (nSPS) is 10.2. The lowest BCUT2D eigenvalue weighted by molar-refractivity contribution is 0.0998. The summed E-state index contributed by atoms with van der Waals surface area (Å²) in [5.41, 5.74) is 12.3. The molecule has 2 aromatic carbocycles. The van der Waals surface area contributed by atoms with Crippen molar-refractivity contribution < 1.29 is 14.6 Å². The van der Waals surface area contributed by atoms with Gasteiger partial charge in [0.25, 0.3) is 5.91 Å². The number of para-hydroxylation sites is 1. The monoisotopic (exact) mass is 258 g/mol. The number of carbonyl (C=O) groups is 1. The second kappa shape index (κ2) is 5.41. The maximum Gasteiger partial charge on any atom is 0.252 e. The molecule has 0 saturated heterocycles. The molecule has 0 aliphatic rings. The van der Waals surface area contributed by atoms with E-state index in [1.165, 1.54) is 0 Å². The summed E-state index contributed by atoms with van der Waals surface area (Å²) in [4.78, 5) is 11.3. The summed E-state index contributed by atoms with van der Waals surface area (Å²) >= 11 is 0. The number of aliphatic hydroxyl groups excluding tert-OH is 1. The van der Waals surface area contributed by atoms with Crippen molar-refractivity contribution >= 4 is 11.6 Å². The predicted octanol–water partition coefficient (Wildman–Crippen LogP) is 1.65. The van der Waals surface area contributed by atoms with Crippen LogP contribution in [0.25, 0.3) is 0 Å². The van der Waals surface area contributed by atoms with Crippen LogP contribution in [0, 0.1) is 0 Å². The molecular weight excluding hydrogens is 244 g/mol. The summed E-state index contributed by atoms with van der Waals surface area (Å²) in [7, 11) is 0. The minimum Gasteiger partial charge on any atom is -0.454 e.